The summed E-state index contributed by atoms with van der Waals surface area (Å²) in [4.78, 5) is 17.0. The molecule has 0 unspecified atom stereocenters. The van der Waals surface area contributed by atoms with E-state index < -0.39 is 0 Å². The van der Waals surface area contributed by atoms with Gasteiger partial charge in [0, 0.05) is 16.8 Å². The van der Waals surface area contributed by atoms with E-state index in [9.17, 15) is 9.18 Å². The molecule has 4 rings (SSSR count). The number of hydrogen-bond acceptors (Lipinski definition) is 3. The molecule has 4 aromatic rings. The lowest BCUT2D eigenvalue weighted by molar-refractivity contribution is 0.102. The Bertz CT molecular complexity index is 1170. The van der Waals surface area contributed by atoms with Crippen LogP contribution in [0, 0.1) is 5.82 Å². The molecule has 0 atom stereocenters. The SMILES string of the molecule is CC(C)(C)c1ccc(C(=O)Nc2ccc3oc(-c4ccc(F)cc4)nc3c2)cc1. The van der Waals surface area contributed by atoms with E-state index in [0.717, 1.165) is 0 Å². The van der Waals surface area contributed by atoms with Gasteiger partial charge in [0.25, 0.3) is 5.91 Å². The van der Waals surface area contributed by atoms with Crippen molar-refractivity contribution in [3.05, 3.63) is 83.7 Å². The van der Waals surface area contributed by atoms with Crippen LogP contribution < -0.4 is 5.32 Å². The van der Waals surface area contributed by atoms with Crippen LogP contribution in [0.15, 0.2) is 71.1 Å². The fourth-order valence-electron chi connectivity index (χ4n) is 3.05. The Hall–Kier alpha value is -3.47. The van der Waals surface area contributed by atoms with Crippen LogP contribution in [-0.2, 0) is 5.41 Å². The van der Waals surface area contributed by atoms with Crippen molar-refractivity contribution >= 4 is 22.7 Å². The lowest BCUT2D eigenvalue weighted by atomic mass is 9.87. The Morgan fingerprint density at radius 2 is 1.66 bits per heavy atom. The molecule has 1 amide bonds. The highest BCUT2D eigenvalue weighted by Gasteiger charge is 2.15. The molecule has 0 radical (unpaired) electrons. The van der Waals surface area contributed by atoms with E-state index in [1.807, 2.05) is 24.3 Å². The maximum atomic E-state index is 13.1. The van der Waals surface area contributed by atoms with Gasteiger partial charge in [-0.3, -0.25) is 4.79 Å². The molecule has 0 aliphatic rings. The number of rotatable bonds is 3. The highest BCUT2D eigenvalue weighted by Crippen LogP contribution is 2.27. The van der Waals surface area contributed by atoms with Gasteiger partial charge in [-0.2, -0.15) is 0 Å². The van der Waals surface area contributed by atoms with Gasteiger partial charge in [0.2, 0.25) is 5.89 Å². The summed E-state index contributed by atoms with van der Waals surface area (Å²) < 4.78 is 18.8. The molecule has 0 aliphatic heterocycles. The number of anilines is 1. The van der Waals surface area contributed by atoms with Crippen LogP contribution >= 0.6 is 0 Å². The molecule has 0 saturated heterocycles. The van der Waals surface area contributed by atoms with Gasteiger partial charge in [0.05, 0.1) is 0 Å². The summed E-state index contributed by atoms with van der Waals surface area (Å²) in [5, 5.41) is 2.89. The van der Waals surface area contributed by atoms with E-state index in [0.29, 0.717) is 33.8 Å². The molecule has 5 heteroatoms. The smallest absolute Gasteiger partial charge is 0.255 e. The summed E-state index contributed by atoms with van der Waals surface area (Å²) in [6, 6.07) is 18.9. The van der Waals surface area contributed by atoms with Crippen molar-refractivity contribution in [1.82, 2.24) is 4.98 Å². The van der Waals surface area contributed by atoms with E-state index in [1.54, 1.807) is 30.3 Å². The maximum Gasteiger partial charge on any atom is 0.255 e. The molecule has 1 N–H and O–H groups in total. The summed E-state index contributed by atoms with van der Waals surface area (Å²) in [6.07, 6.45) is 0. The Labute approximate surface area is 168 Å². The fourth-order valence-corrected chi connectivity index (χ4v) is 3.05. The molecule has 3 aromatic carbocycles. The second-order valence-corrected chi connectivity index (χ2v) is 7.99. The predicted molar refractivity (Wildman–Crippen MR) is 112 cm³/mol. The molecule has 4 nitrogen and oxygen atoms in total. The van der Waals surface area contributed by atoms with Gasteiger partial charge in [0.1, 0.15) is 11.3 Å². The van der Waals surface area contributed by atoms with E-state index in [1.165, 1.54) is 17.7 Å². The zero-order valence-electron chi connectivity index (χ0n) is 16.5. The van der Waals surface area contributed by atoms with Gasteiger partial charge in [-0.25, -0.2) is 9.37 Å². The van der Waals surface area contributed by atoms with Gasteiger partial charge in [0.15, 0.2) is 5.58 Å². The normalized spacial score (nSPS) is 11.6. The monoisotopic (exact) mass is 388 g/mol. The largest absolute Gasteiger partial charge is 0.436 e. The minimum atomic E-state index is -0.314. The third-order valence-electron chi connectivity index (χ3n) is 4.75. The number of hydrogen-bond donors (Lipinski definition) is 1. The number of oxazole rings is 1. The van der Waals surface area contributed by atoms with E-state index in [4.69, 9.17) is 4.42 Å². The van der Waals surface area contributed by atoms with E-state index in [2.05, 4.69) is 31.1 Å². The highest BCUT2D eigenvalue weighted by atomic mass is 19.1. The van der Waals surface area contributed by atoms with Crippen LogP contribution in [0.5, 0.6) is 0 Å². The van der Waals surface area contributed by atoms with E-state index >= 15 is 0 Å². The number of carbonyl (C=O) groups excluding carboxylic acids is 1. The quantitative estimate of drug-likeness (QED) is 0.456. The summed E-state index contributed by atoms with van der Waals surface area (Å²) in [7, 11) is 0. The number of carbonyl (C=O) groups is 1. The first-order valence-electron chi connectivity index (χ1n) is 9.38. The molecule has 0 saturated carbocycles. The van der Waals surface area contributed by atoms with Crippen molar-refractivity contribution in [2.24, 2.45) is 0 Å². The lowest BCUT2D eigenvalue weighted by Crippen LogP contribution is -2.14. The zero-order chi connectivity index (χ0) is 20.6. The molecule has 0 fully saturated rings. The molecule has 0 bridgehead atoms. The second kappa shape index (κ2) is 7.17. The number of nitrogens with zero attached hydrogens (tertiary/aromatic N) is 1. The third kappa shape index (κ3) is 4.04. The first-order valence-corrected chi connectivity index (χ1v) is 9.38. The summed E-state index contributed by atoms with van der Waals surface area (Å²) in [6.45, 7) is 6.40. The molecule has 0 aliphatic carbocycles. The molecular weight excluding hydrogens is 367 g/mol. The number of aromatic nitrogens is 1. The van der Waals surface area contributed by atoms with Crippen molar-refractivity contribution in [1.29, 1.82) is 0 Å². The molecule has 1 heterocycles. The summed E-state index contributed by atoms with van der Waals surface area (Å²) >= 11 is 0. The summed E-state index contributed by atoms with van der Waals surface area (Å²) in [5.74, 6) is -0.0984. The lowest BCUT2D eigenvalue weighted by Gasteiger charge is -2.19. The van der Waals surface area contributed by atoms with Crippen molar-refractivity contribution in [2.45, 2.75) is 26.2 Å². The first kappa shape index (κ1) is 18.9. The zero-order valence-corrected chi connectivity index (χ0v) is 16.5. The minimum absolute atomic E-state index is 0.0369. The van der Waals surface area contributed by atoms with Gasteiger partial charge in [-0.05, 0) is 65.6 Å². The Balaban J connectivity index is 1.55. The van der Waals surface area contributed by atoms with Gasteiger partial charge in [-0.15, -0.1) is 0 Å². The fraction of sp³-hybridized carbons (Fsp3) is 0.167. The van der Waals surface area contributed by atoms with Crippen LogP contribution in [0.3, 0.4) is 0 Å². The number of nitrogens with one attached hydrogen (secondary N) is 1. The van der Waals surface area contributed by atoms with E-state index in [-0.39, 0.29) is 17.1 Å². The number of fused-ring (bicyclic) bond motifs is 1. The number of halogens is 1. The van der Waals surface area contributed by atoms with Crippen molar-refractivity contribution in [2.75, 3.05) is 5.32 Å². The highest BCUT2D eigenvalue weighted by molar-refractivity contribution is 6.05. The summed E-state index contributed by atoms with van der Waals surface area (Å²) in [5.41, 5.74) is 4.32. The van der Waals surface area contributed by atoms with Gasteiger partial charge in [-0.1, -0.05) is 32.9 Å². The number of benzene rings is 3. The van der Waals surface area contributed by atoms with Crippen LogP contribution in [0.2, 0.25) is 0 Å². The average Bonchev–Trinajstić information content (AvgIpc) is 3.11. The minimum Gasteiger partial charge on any atom is -0.436 e. The second-order valence-electron chi connectivity index (χ2n) is 7.99. The predicted octanol–water partition coefficient (Wildman–Crippen LogP) is 6.18. The Morgan fingerprint density at radius 3 is 2.31 bits per heavy atom. The van der Waals surface area contributed by atoms with Crippen LogP contribution in [0.1, 0.15) is 36.7 Å². The van der Waals surface area contributed by atoms with Crippen LogP contribution in [0.25, 0.3) is 22.6 Å². The third-order valence-corrected chi connectivity index (χ3v) is 4.75. The van der Waals surface area contributed by atoms with Gasteiger partial charge < -0.3 is 9.73 Å². The molecular formula is C24H21FN2O2. The Morgan fingerprint density at radius 1 is 0.966 bits per heavy atom. The first-order chi connectivity index (χ1) is 13.8. The molecule has 29 heavy (non-hydrogen) atoms. The van der Waals surface area contributed by atoms with Crippen molar-refractivity contribution < 1.29 is 13.6 Å². The Kier molecular flexibility index (Phi) is 4.66. The van der Waals surface area contributed by atoms with Gasteiger partial charge >= 0.3 is 0 Å². The number of amides is 1. The van der Waals surface area contributed by atoms with Crippen molar-refractivity contribution in [3.8, 4) is 11.5 Å². The van der Waals surface area contributed by atoms with Crippen molar-refractivity contribution in [3.63, 3.8) is 0 Å². The molecule has 1 aromatic heterocycles. The standard InChI is InChI=1S/C24H21FN2O2/c1-24(2,3)17-8-4-15(5-9-17)22(28)26-19-12-13-21-20(14-19)27-23(29-21)16-6-10-18(25)11-7-16/h4-14H,1-3H3,(H,26,28). The topological polar surface area (TPSA) is 55.1 Å². The van der Waals surface area contributed by atoms with Crippen LogP contribution in [-0.4, -0.2) is 10.9 Å². The van der Waals surface area contributed by atoms with Crippen LogP contribution in [0.4, 0.5) is 10.1 Å². The molecule has 146 valence electrons. The average molecular weight is 388 g/mol. The maximum absolute atomic E-state index is 13.1. The molecule has 0 spiro atoms.